The summed E-state index contributed by atoms with van der Waals surface area (Å²) < 4.78 is 122. The molecule has 0 saturated carbocycles. The van der Waals surface area contributed by atoms with Gasteiger partial charge >= 0.3 is 0 Å². The largest absolute Gasteiger partial charge is 0.391 e. The molecule has 13 heterocycles. The maximum absolute atomic E-state index is 14.7. The average molecular weight is 1340 g/mol. The summed E-state index contributed by atoms with van der Waals surface area (Å²) in [5, 5.41) is 80.2. The van der Waals surface area contributed by atoms with Crippen LogP contribution in [0.15, 0.2) is 110 Å². The molecule has 7 aliphatic rings. The van der Waals surface area contributed by atoms with E-state index in [1.807, 2.05) is 34.1 Å². The summed E-state index contributed by atoms with van der Waals surface area (Å²) in [5.74, 6) is -2.92. The van der Waals surface area contributed by atoms with Crippen LogP contribution < -0.4 is 30.7 Å². The number of aliphatic hydroxyl groups is 3. The zero-order valence-corrected chi connectivity index (χ0v) is 51.5. The Labute approximate surface area is 565 Å². The fourth-order valence-electron chi connectivity index (χ4n) is 12.5. The topological polar surface area (TPSA) is 349 Å². The molecular formula is C68H59F3N18O9. The Bertz CT molecular complexity index is 5160. The van der Waals surface area contributed by atoms with Crippen LogP contribution in [0.5, 0.6) is 0 Å². The number of nitrogens with zero attached hydrogens (tertiary/aromatic N) is 15. The van der Waals surface area contributed by atoms with Crippen LogP contribution in [0.2, 0.25) is 0 Å². The predicted octanol–water partition coefficient (Wildman–Crippen LogP) is 5.04. The van der Waals surface area contributed by atoms with Crippen LogP contribution in [-0.4, -0.2) is 167 Å². The van der Waals surface area contributed by atoms with Gasteiger partial charge in [-0.05, 0) is 67.4 Å². The smallest absolute Gasteiger partial charge is 0.255 e. The third-order valence-corrected chi connectivity index (χ3v) is 17.3. The average Bonchev–Trinajstić information content (AvgIpc) is 1.52. The molecule has 7 aliphatic heterocycles. The van der Waals surface area contributed by atoms with Crippen molar-refractivity contribution in [2.24, 2.45) is 0 Å². The monoisotopic (exact) mass is 1340 g/mol. The molecule has 0 bridgehead atoms. The van der Waals surface area contributed by atoms with E-state index in [1.54, 1.807) is 47.1 Å². The first-order valence-corrected chi connectivity index (χ1v) is 30.5. The third kappa shape index (κ3) is 12.0. The van der Waals surface area contributed by atoms with E-state index in [4.69, 9.17) is 23.8 Å². The summed E-state index contributed by atoms with van der Waals surface area (Å²) in [7, 11) is 1.58. The zero-order chi connectivity index (χ0) is 74.4. The van der Waals surface area contributed by atoms with Crippen LogP contribution in [0.3, 0.4) is 0 Å². The quantitative estimate of drug-likeness (QED) is 0.104. The molecule has 496 valence electrons. The first kappa shape index (κ1) is 55.8. The number of piperidine rings is 1. The van der Waals surface area contributed by atoms with Crippen molar-refractivity contribution in [2.75, 3.05) is 74.2 Å². The first-order valence-electron chi connectivity index (χ1n) is 34.0. The number of nitriles is 3. The highest BCUT2D eigenvalue weighted by Crippen LogP contribution is 2.38. The number of fused-ring (bicyclic) bond motifs is 3. The number of nitrogens with one attached hydrogen (secondary N) is 3. The van der Waals surface area contributed by atoms with Crippen molar-refractivity contribution in [3.05, 3.63) is 178 Å². The lowest BCUT2D eigenvalue weighted by atomic mass is 10.0. The highest BCUT2D eigenvalue weighted by molar-refractivity contribution is 6.03. The van der Waals surface area contributed by atoms with Crippen molar-refractivity contribution < 1.29 is 66.7 Å². The Morgan fingerprint density at radius 3 is 1.41 bits per heavy atom. The number of amides is 3. The minimum absolute atomic E-state index is 0.00276. The van der Waals surface area contributed by atoms with Gasteiger partial charge in [-0.15, -0.1) is 0 Å². The maximum Gasteiger partial charge on any atom is 0.255 e. The Morgan fingerprint density at radius 1 is 0.602 bits per heavy atom. The van der Waals surface area contributed by atoms with Gasteiger partial charge in [-0.1, -0.05) is 18.2 Å². The molecule has 3 atom stereocenters. The second kappa shape index (κ2) is 26.3. The van der Waals surface area contributed by atoms with Crippen molar-refractivity contribution in [2.45, 2.75) is 69.0 Å². The van der Waals surface area contributed by atoms with Gasteiger partial charge in [0.2, 0.25) is 0 Å². The van der Waals surface area contributed by atoms with Crippen LogP contribution in [0, 0.1) is 51.4 Å². The van der Waals surface area contributed by atoms with Gasteiger partial charge in [0.1, 0.15) is 23.6 Å². The number of carbonyl (C=O) groups is 3. The van der Waals surface area contributed by atoms with E-state index < -0.39 is 72.6 Å². The molecule has 6 N–H and O–H groups in total. The predicted molar refractivity (Wildman–Crippen MR) is 342 cm³/mol. The Kier molecular flexibility index (Phi) is 15.0. The SMILES string of the molecule is CO[C@@H]1CCN(c2ccn(-c3cc(-c4c(F)cccc4C#N)nc4c3C(=O)NC4)n2)C[C@H]1O.N#Cc1cccc(F)c1-c1cc(-n2ccc(N3CCC4(C3)OCC(O)CO4)n2)c2c(n1)CNC2=O.[2H]C1([2H])N(c2ccn(-c3cc(-c4c(F)cccc4C#N)nc4c3C(=O)NC4)n2)C([2H])([2H])C([2H])(O)C1([2H])[2H]. The van der Waals surface area contributed by atoms with Gasteiger partial charge in [-0.25, -0.2) is 42.2 Å². The van der Waals surface area contributed by atoms with Gasteiger partial charge in [0.05, 0.1) is 181 Å². The molecule has 4 fully saturated rings. The van der Waals surface area contributed by atoms with E-state index >= 15 is 0 Å². The molecule has 6 aromatic heterocycles. The summed E-state index contributed by atoms with van der Waals surface area (Å²) >= 11 is 0. The molecule has 16 rings (SSSR count). The number of benzene rings is 3. The lowest BCUT2D eigenvalue weighted by Gasteiger charge is -2.35. The number of halogens is 3. The van der Waals surface area contributed by atoms with Crippen LogP contribution >= 0.6 is 0 Å². The van der Waals surface area contributed by atoms with E-state index in [2.05, 4.69) is 46.2 Å². The molecule has 0 radical (unpaired) electrons. The number of methoxy groups -OCH3 is 1. The van der Waals surface area contributed by atoms with Crippen molar-refractivity contribution in [3.8, 4) is 69.0 Å². The molecule has 30 heteroatoms. The number of β-amino-alcohol motifs (C(OH)–C–C–N with tert-alkyl or cyclic N) is 2. The van der Waals surface area contributed by atoms with Crippen molar-refractivity contribution in [3.63, 3.8) is 0 Å². The molecule has 27 nitrogen and oxygen atoms in total. The van der Waals surface area contributed by atoms with Crippen LogP contribution in [-0.2, 0) is 33.8 Å². The van der Waals surface area contributed by atoms with Crippen molar-refractivity contribution in [1.29, 1.82) is 15.8 Å². The Morgan fingerprint density at radius 2 is 1.02 bits per heavy atom. The van der Waals surface area contributed by atoms with Crippen molar-refractivity contribution in [1.82, 2.24) is 60.2 Å². The van der Waals surface area contributed by atoms with Crippen LogP contribution in [0.25, 0.3) is 50.8 Å². The van der Waals surface area contributed by atoms with E-state index in [0.29, 0.717) is 84.5 Å². The standard InChI is InChI=1S/C24H21FN6O4.C23H21FN6O3.C21H17FN6O2/c25-16-3-1-2-14(9-26)21(16)17-8-19(22-18(28-17)10-27-23(22)33)31-6-4-20(29-31)30-7-5-24(13-30)34-11-15(32)12-35-24;1-33-19-5-7-29(12-18(19)31)20-6-8-30(28-20)17-9-15(27-16-11-26-23(32)22(16)17)21-13(10-25)3-2-4-14(21)24;22-14-3-1-2-12(9-23)19(14)15-8-17(20-16(25-15)10-24-21(20)30)28-7-5-18(26-28)27-6-4-13(29)11-27/h1-4,6,8,15,32H,5,7,10-13H2,(H,27,33);2-4,6,8-9,18-19,31H,5,7,11-12H2,1H3,(H,26,32);1-3,5,7-8,13,29H,4,6,10-11H2,(H,24,30)/t;18-,19-;/m.1./s1/i;;4D2,6D2,11D2,13D. The molecule has 3 aromatic carbocycles. The third-order valence-electron chi connectivity index (χ3n) is 17.3. The van der Waals surface area contributed by atoms with E-state index in [9.17, 15) is 58.7 Å². The summed E-state index contributed by atoms with van der Waals surface area (Å²) in [6.45, 7) is -3.46. The van der Waals surface area contributed by atoms with Gasteiger partial charge in [0, 0.05) is 88.4 Å². The molecule has 0 aliphatic carbocycles. The number of hydrogen-bond acceptors (Lipinski definition) is 21. The lowest BCUT2D eigenvalue weighted by Crippen LogP contribution is -2.48. The van der Waals surface area contributed by atoms with E-state index in [0.717, 1.165) is 16.8 Å². The van der Waals surface area contributed by atoms with E-state index in [-0.39, 0.29) is 123 Å². The first-order chi connectivity index (χ1) is 50.1. The van der Waals surface area contributed by atoms with Crippen molar-refractivity contribution >= 4 is 35.2 Å². The Hall–Kier alpha value is -11.4. The molecule has 98 heavy (non-hydrogen) atoms. The zero-order valence-electron chi connectivity index (χ0n) is 58.5. The lowest BCUT2D eigenvalue weighted by molar-refractivity contribution is -0.280. The molecule has 4 saturated heterocycles. The number of hydrogen-bond donors (Lipinski definition) is 6. The maximum atomic E-state index is 14.7. The molecule has 9 aromatic rings. The summed E-state index contributed by atoms with van der Waals surface area (Å²) in [4.78, 5) is 55.2. The number of carbonyl (C=O) groups excluding carboxylic acids is 3. The van der Waals surface area contributed by atoms with Gasteiger partial charge in [-0.3, -0.25) is 14.4 Å². The number of rotatable bonds is 10. The molecular weight excluding hydrogens is 1270 g/mol. The second-order valence-corrected chi connectivity index (χ2v) is 23.2. The van der Waals surface area contributed by atoms with Crippen LogP contribution in [0.1, 0.15) is 93.7 Å². The molecule has 1 unspecified atom stereocenters. The number of ether oxygens (including phenoxy) is 3. The molecule has 3 amide bonds. The number of pyridine rings is 3. The van der Waals surface area contributed by atoms with Gasteiger partial charge < -0.3 is 60.2 Å². The number of aliphatic hydroxyl groups excluding tert-OH is 2. The summed E-state index contributed by atoms with van der Waals surface area (Å²) in [5.41, 5.74) is 3.77. The minimum Gasteiger partial charge on any atom is -0.391 e. The van der Waals surface area contributed by atoms with E-state index in [1.165, 1.54) is 60.8 Å². The number of anilines is 3. The molecule has 1 spiro atoms. The van der Waals surface area contributed by atoms with Gasteiger partial charge in [0.25, 0.3) is 17.7 Å². The minimum atomic E-state index is -3.50. The highest BCUT2D eigenvalue weighted by atomic mass is 19.1. The van der Waals surface area contributed by atoms with Gasteiger partial charge in [-0.2, -0.15) is 31.1 Å². The second-order valence-electron chi connectivity index (χ2n) is 23.2. The number of aromatic nitrogens is 9. The normalized spacial score (nSPS) is 23.8. The fourth-order valence-corrected chi connectivity index (χ4v) is 12.5. The Balaban J connectivity index is 0.000000133. The summed E-state index contributed by atoms with van der Waals surface area (Å²) in [6, 6.07) is 27.6. The van der Waals surface area contributed by atoms with Gasteiger partial charge in [0.15, 0.2) is 23.2 Å². The highest BCUT2D eigenvalue weighted by Gasteiger charge is 2.45. The van der Waals surface area contributed by atoms with Crippen LogP contribution in [0.4, 0.5) is 30.6 Å². The summed E-state index contributed by atoms with van der Waals surface area (Å²) in [6.07, 6.45) is -2.39. The fraction of sp³-hybridized carbons (Fsp3) is 0.294.